The molecule has 4 aromatic carbocycles. The zero-order chi connectivity index (χ0) is 52.5. The summed E-state index contributed by atoms with van der Waals surface area (Å²) in [5.41, 5.74) is 7.36. The second kappa shape index (κ2) is 22.4. The van der Waals surface area contributed by atoms with Crippen LogP contribution in [0.4, 0.5) is 19.4 Å². The summed E-state index contributed by atoms with van der Waals surface area (Å²) in [4.78, 5) is 57.2. The third-order valence-electron chi connectivity index (χ3n) is 15.9. The second-order valence-electron chi connectivity index (χ2n) is 20.4. The molecule has 5 amide bonds. The molecule has 5 aliphatic rings. The smallest absolute Gasteiger partial charge is 0.000000475 e. The number of primary amides is 1. The van der Waals surface area contributed by atoms with Crippen molar-refractivity contribution in [2.24, 2.45) is 18.7 Å². The quantitative estimate of drug-likeness (QED) is 0.0629. The van der Waals surface area contributed by atoms with Gasteiger partial charge in [-0.05, 0) is 17.7 Å². The molecule has 5 heterocycles. The van der Waals surface area contributed by atoms with E-state index in [1.165, 1.54) is 28.3 Å². The maximum Gasteiger partial charge on any atom is -0.000000475 e. The van der Waals surface area contributed by atoms with E-state index >= 15 is 8.78 Å². The Morgan fingerprint density at radius 1 is 0.973 bits per heavy atom. The summed E-state index contributed by atoms with van der Waals surface area (Å²) in [7, 11) is 1.90. The van der Waals surface area contributed by atoms with Crippen LogP contribution in [-0.4, -0.2) is 109 Å². The molecule has 0 spiro atoms. The van der Waals surface area contributed by atoms with Crippen molar-refractivity contribution in [3.8, 4) is 22.6 Å². The first-order valence-electron chi connectivity index (χ1n) is 26.0. The number of amides is 5. The number of rotatable bonds is 15. The van der Waals surface area contributed by atoms with E-state index in [4.69, 9.17) is 26.8 Å². The van der Waals surface area contributed by atoms with Crippen molar-refractivity contribution in [3.05, 3.63) is 118 Å². The summed E-state index contributed by atoms with van der Waals surface area (Å²) in [5, 5.41) is 20.5. The summed E-state index contributed by atoms with van der Waals surface area (Å²) >= 11 is 6.69. The van der Waals surface area contributed by atoms with Gasteiger partial charge >= 0.3 is 238 Å². The molecule has 0 radical (unpaired) electrons. The van der Waals surface area contributed by atoms with Gasteiger partial charge in [-0.2, -0.15) is 0 Å². The number of aliphatic hydroxyl groups excluding tert-OH is 1. The van der Waals surface area contributed by atoms with Gasteiger partial charge in [-0.25, -0.2) is 13.6 Å². The maximum atomic E-state index is 16.4. The molecule has 1 aromatic heterocycles. The normalized spacial score (nSPS) is 22.9. The number of nitrogens with two attached hydrogens (primary N) is 1. The van der Waals surface area contributed by atoms with Gasteiger partial charge in [0, 0.05) is 35.1 Å². The van der Waals surface area contributed by atoms with Crippen LogP contribution in [0, 0.1) is 17.6 Å². The van der Waals surface area contributed by atoms with Gasteiger partial charge in [0.2, 0.25) is 11.8 Å². The fourth-order valence-electron chi connectivity index (χ4n) is 11.8. The Morgan fingerprint density at radius 3 is 2.43 bits per heavy atom. The van der Waals surface area contributed by atoms with Crippen molar-refractivity contribution in [2.75, 3.05) is 55.4 Å². The van der Waals surface area contributed by atoms with E-state index in [1.54, 1.807) is 4.90 Å². The van der Waals surface area contributed by atoms with Crippen molar-refractivity contribution < 1.29 is 63.7 Å². The molecule has 3 saturated heterocycles. The first-order valence-corrected chi connectivity index (χ1v) is 29.1. The first-order chi connectivity index (χ1) is 36.2. The van der Waals surface area contributed by atoms with Gasteiger partial charge < -0.3 is 20.3 Å². The summed E-state index contributed by atoms with van der Waals surface area (Å²) in [5.74, 6) is -2.39. The van der Waals surface area contributed by atoms with Gasteiger partial charge in [0.05, 0.1) is 17.2 Å². The number of alkyl halides is 2. The fraction of sp³-hybridized carbons (Fsp3) is 0.446. The van der Waals surface area contributed by atoms with E-state index in [0.29, 0.717) is 36.9 Å². The van der Waals surface area contributed by atoms with Crippen LogP contribution in [0.5, 0.6) is 11.5 Å². The minimum atomic E-state index is -1.21. The number of aromatic nitrogens is 2. The fourth-order valence-corrected chi connectivity index (χ4v) is 15.4. The van der Waals surface area contributed by atoms with E-state index < -0.39 is 40.1 Å². The average molecular weight is 1160 g/mol. The predicted octanol–water partition coefficient (Wildman–Crippen LogP) is 5.06. The molecule has 10 rings (SSSR count). The van der Waals surface area contributed by atoms with Crippen LogP contribution in [0.15, 0.2) is 79.0 Å². The number of hydrogen-bond acceptors (Lipinski definition) is 10. The number of urea groups is 1. The van der Waals surface area contributed by atoms with Crippen LogP contribution in [0.1, 0.15) is 104 Å². The molecule has 0 bridgehead atoms. The largest absolute Gasteiger partial charge is 0.0622 e. The number of carbonyl (C=O) groups is 4. The molecule has 5 aromatic rings. The third kappa shape index (κ3) is 10.6. The summed E-state index contributed by atoms with van der Waals surface area (Å²) in [6.07, 6.45) is 11.9. The van der Waals surface area contributed by atoms with Crippen LogP contribution in [0.3, 0.4) is 0 Å². The van der Waals surface area contributed by atoms with Crippen molar-refractivity contribution >= 4 is 52.1 Å². The molecular weight excluding hydrogens is 1100 g/mol. The Hall–Kier alpha value is -5.83. The predicted molar refractivity (Wildman–Crippen MR) is 277 cm³/mol. The number of hydrogen-bond donors (Lipinski definition) is 4. The molecule has 1 aliphatic carbocycles. The minimum Gasteiger partial charge on any atom is -0.0622 e. The number of halogens is 4. The van der Waals surface area contributed by atoms with Crippen molar-refractivity contribution in [1.82, 2.24) is 30.2 Å². The van der Waals surface area contributed by atoms with Crippen LogP contribution in [0.25, 0.3) is 22.0 Å². The molecule has 19 heteroatoms. The number of benzene rings is 4. The van der Waals surface area contributed by atoms with Crippen LogP contribution >= 0.6 is 11.6 Å². The van der Waals surface area contributed by atoms with Gasteiger partial charge in [0.25, 0.3) is 0 Å². The number of piperidine rings is 2. The van der Waals surface area contributed by atoms with Gasteiger partial charge in [-0.1, -0.05) is 48.9 Å². The number of nitrogens with zero attached hydrogens (tertiary/aromatic N) is 5. The molecule has 4 fully saturated rings. The number of aryl methyl sites for hydroxylation is 1. The van der Waals surface area contributed by atoms with Crippen LogP contribution in [-0.2, 0) is 22.2 Å². The summed E-state index contributed by atoms with van der Waals surface area (Å²) in [6, 6.07) is 19.3. The second-order valence-corrected chi connectivity index (χ2v) is 24.1. The molecule has 2 atom stereocenters. The van der Waals surface area contributed by atoms with Gasteiger partial charge in [-0.3, -0.25) is 14.9 Å². The molecule has 75 heavy (non-hydrogen) atoms. The van der Waals surface area contributed by atoms with Gasteiger partial charge in [0.15, 0.2) is 17.2 Å². The molecule has 5 N–H and O–H groups in total. The number of aliphatic hydroxyl groups is 1. The SMILES string of the molecule is C[C@H]1c2c(cc(F)c(Cl)c2-c2c(C(N)=O)ccc(OCCO)c2F)OC1(/C=C\NC1CCN(C(=O)C2CCC([I-]CN3CCC(c4ccc5c(N6CCC(=O)NC6=O)nn(C)c5c4)CC3)CC2)CC1)c1ccccc1. The van der Waals surface area contributed by atoms with Gasteiger partial charge in [-0.15, -0.1) is 0 Å². The Morgan fingerprint density at radius 2 is 1.72 bits per heavy atom. The van der Waals surface area contributed by atoms with E-state index in [2.05, 4.69) is 38.8 Å². The molecule has 398 valence electrons. The average Bonchev–Trinajstić information content (AvgIpc) is 3.90. The van der Waals surface area contributed by atoms with Crippen molar-refractivity contribution in [1.29, 1.82) is 0 Å². The minimum absolute atomic E-state index is 0.0203. The molecule has 1 saturated carbocycles. The molecule has 15 nitrogen and oxygen atoms in total. The molecular formula is C56H63ClF2IN8O7-. The number of imide groups is 1. The monoisotopic (exact) mass is 1160 g/mol. The van der Waals surface area contributed by atoms with Gasteiger partial charge in [0.1, 0.15) is 18.2 Å². The first kappa shape index (κ1) is 52.6. The van der Waals surface area contributed by atoms with Crippen LogP contribution < -0.4 is 51.9 Å². The Labute approximate surface area is 450 Å². The zero-order valence-corrected chi connectivity index (χ0v) is 45.0. The Kier molecular flexibility index (Phi) is 15.7. The number of fused-ring (bicyclic) bond motifs is 2. The number of likely N-dealkylation sites (tertiary alicyclic amines) is 2. The number of nitrogens with one attached hydrogen (secondary N) is 2. The number of carbonyl (C=O) groups excluding carboxylic acids is 4. The summed E-state index contributed by atoms with van der Waals surface area (Å²) < 4.78 is 48.2. The molecule has 1 unspecified atom stereocenters. The number of anilines is 1. The zero-order valence-electron chi connectivity index (χ0n) is 42.1. The Bertz CT molecular complexity index is 3010. The summed E-state index contributed by atoms with van der Waals surface area (Å²) in [6.45, 7) is 5.06. The van der Waals surface area contributed by atoms with E-state index in [9.17, 15) is 24.3 Å². The van der Waals surface area contributed by atoms with Crippen LogP contribution in [0.2, 0.25) is 5.02 Å². The van der Waals surface area contributed by atoms with E-state index in [0.717, 1.165) is 84.8 Å². The van der Waals surface area contributed by atoms with Crippen molar-refractivity contribution in [2.45, 2.75) is 92.1 Å². The van der Waals surface area contributed by atoms with Crippen molar-refractivity contribution in [3.63, 3.8) is 0 Å². The van der Waals surface area contributed by atoms with E-state index in [-0.39, 0.29) is 92.8 Å². The Balaban J connectivity index is 0.712. The molecule has 4 aliphatic heterocycles. The number of ether oxygens (including phenoxy) is 2. The standard InChI is InChI=1S/C56H63ClF2IN8O7/c1-33-47-45(31-42(58)50(57)49(47)48-41(52(61)71)14-15-44(51(48)59)74-29-28-69)75-56(33,37-6-4-3-5-7-37)21-22-62-39-18-25-67(26-19-39)54(72)35-8-11-38(12-9-35)60-32-66-23-16-34(17-24-66)36-10-13-40-43(30-36)65(2)64-53(40)68-27-20-46(70)63-55(68)73/h3-7,10,13-15,21-22,30-31,33-35,38-39,62,69H,8-9,11-12,16-20,23-29,32H2,1-2H3,(H2,61,71)(H,63,70,73)/q-1/b22-21-/t33-,35?,38?,56?/m0/s1. The topological polar surface area (TPSA) is 185 Å². The maximum absolute atomic E-state index is 16.4. The third-order valence-corrected chi connectivity index (χ3v) is 20.1. The van der Waals surface area contributed by atoms with E-state index in [1.807, 2.05) is 66.2 Å².